The zero-order valence-electron chi connectivity index (χ0n) is 43.7. The maximum Gasteiger partial charge on any atom is 0.294 e. The summed E-state index contributed by atoms with van der Waals surface area (Å²) in [6, 6.07) is 22.1. The first kappa shape index (κ1) is 50.3. The number of aryl methyl sites for hydroxylation is 1. The molecule has 6 aliphatic heterocycles. The second-order valence-corrected chi connectivity index (χ2v) is 22.8. The number of rotatable bonds is 13. The number of nitrogens with zero attached hydrogens (tertiary/aromatic N) is 4. The molecule has 15 heteroatoms. The van der Waals surface area contributed by atoms with E-state index >= 15 is 0 Å². The molecular weight excluding hydrogens is 935 g/mol. The topological polar surface area (TPSA) is 176 Å². The number of benzene rings is 3. The van der Waals surface area contributed by atoms with Crippen molar-refractivity contribution in [1.29, 1.82) is 0 Å². The smallest absolute Gasteiger partial charge is 0.294 e. The van der Waals surface area contributed by atoms with Crippen LogP contribution in [-0.2, 0) is 43.3 Å². The summed E-state index contributed by atoms with van der Waals surface area (Å²) >= 11 is 0. The molecule has 2 unspecified atom stereocenters. The first-order valence-electron chi connectivity index (χ1n) is 26.5. The summed E-state index contributed by atoms with van der Waals surface area (Å²) in [5, 5.41) is 21.6. The van der Waals surface area contributed by atoms with Gasteiger partial charge in [0, 0.05) is 107 Å². The number of aromatic amines is 1. The highest BCUT2D eigenvalue weighted by Gasteiger charge is 2.54. The van der Waals surface area contributed by atoms with E-state index < -0.39 is 15.5 Å². The molecule has 73 heavy (non-hydrogen) atoms. The summed E-state index contributed by atoms with van der Waals surface area (Å²) in [6.45, 7) is 19.9. The third-order valence-corrected chi connectivity index (χ3v) is 16.5. The van der Waals surface area contributed by atoms with Crippen LogP contribution >= 0.6 is 0 Å². The number of fused-ring (bicyclic) bond motifs is 8. The number of amides is 1. The first-order chi connectivity index (χ1) is 35.0. The van der Waals surface area contributed by atoms with Crippen molar-refractivity contribution >= 4 is 50.5 Å². The SMILES string of the molecule is CC.CCc1ccc(N/C2=N/C(NCCCNC(=O)Cc3ccc4c(c3)C(C)(C)C3=C5C=C6C7=[N+](CCC6OC5CCN34)c3ccc(S(=O)(=O)O)cc3C7(C)C)=C\C(Nc3cc(C4CC4)[nH]n3)=C(/C)CC2)cc1. The zero-order chi connectivity index (χ0) is 51.4. The van der Waals surface area contributed by atoms with Crippen LogP contribution in [0, 0.1) is 0 Å². The molecule has 0 radical (unpaired) electrons. The van der Waals surface area contributed by atoms with Crippen molar-refractivity contribution in [2.45, 2.75) is 147 Å². The Morgan fingerprint density at radius 2 is 1.67 bits per heavy atom. The third-order valence-electron chi connectivity index (χ3n) is 15.7. The number of anilines is 3. The molecule has 0 spiro atoms. The molecule has 7 aliphatic rings. The number of aromatic nitrogens is 2. The Balaban J connectivity index is 0.00000302. The lowest BCUT2D eigenvalue weighted by Gasteiger charge is -2.42. The number of allylic oxidation sites excluding steroid dienone is 3. The maximum atomic E-state index is 13.6. The maximum absolute atomic E-state index is 13.6. The third kappa shape index (κ3) is 9.83. The number of H-pyrrole nitrogens is 1. The van der Waals surface area contributed by atoms with Crippen molar-refractivity contribution in [2.24, 2.45) is 4.99 Å². The van der Waals surface area contributed by atoms with Crippen LogP contribution in [0.2, 0.25) is 0 Å². The van der Waals surface area contributed by atoms with E-state index in [2.05, 4.69) is 143 Å². The van der Waals surface area contributed by atoms with Crippen molar-refractivity contribution in [3.8, 4) is 0 Å². The van der Waals surface area contributed by atoms with Gasteiger partial charge in [0.1, 0.15) is 11.7 Å². The normalized spacial score (nSPS) is 23.8. The van der Waals surface area contributed by atoms with Crippen molar-refractivity contribution in [1.82, 2.24) is 20.8 Å². The van der Waals surface area contributed by atoms with Crippen LogP contribution < -0.4 is 26.2 Å². The van der Waals surface area contributed by atoms with Gasteiger partial charge in [0.15, 0.2) is 18.1 Å². The molecule has 6 N–H and O–H groups in total. The molecule has 0 bridgehead atoms. The first-order valence-corrected chi connectivity index (χ1v) is 28.0. The Labute approximate surface area is 431 Å². The molecule has 1 aromatic heterocycles. The molecule has 1 aliphatic carbocycles. The van der Waals surface area contributed by atoms with Gasteiger partial charge in [-0.1, -0.05) is 58.9 Å². The molecule has 384 valence electrons. The molecule has 0 saturated heterocycles. The summed E-state index contributed by atoms with van der Waals surface area (Å²) in [4.78, 5) is 21.0. The van der Waals surface area contributed by atoms with Crippen LogP contribution in [0.3, 0.4) is 0 Å². The summed E-state index contributed by atoms with van der Waals surface area (Å²) in [5.41, 5.74) is 14.7. The molecule has 3 aromatic carbocycles. The summed E-state index contributed by atoms with van der Waals surface area (Å²) in [6.07, 6.45) is 12.0. The Morgan fingerprint density at radius 3 is 2.42 bits per heavy atom. The fraction of sp³-hybridized carbons (Fsp3) is 0.448. The molecule has 2 atom stereocenters. The second-order valence-electron chi connectivity index (χ2n) is 21.4. The minimum absolute atomic E-state index is 0.0156. The number of hydrogen-bond donors (Lipinski definition) is 6. The van der Waals surface area contributed by atoms with E-state index in [1.54, 1.807) is 6.07 Å². The molecule has 1 amide bonds. The van der Waals surface area contributed by atoms with E-state index in [-0.39, 0.29) is 34.8 Å². The zero-order valence-corrected chi connectivity index (χ0v) is 44.5. The van der Waals surface area contributed by atoms with Gasteiger partial charge >= 0.3 is 0 Å². The molecule has 4 aromatic rings. The Kier molecular flexibility index (Phi) is 13.7. The van der Waals surface area contributed by atoms with E-state index in [4.69, 9.17) is 9.73 Å². The van der Waals surface area contributed by atoms with Crippen LogP contribution in [0.15, 0.2) is 123 Å². The Bertz CT molecular complexity index is 3150. The highest BCUT2D eigenvalue weighted by molar-refractivity contribution is 7.85. The Morgan fingerprint density at radius 1 is 0.890 bits per heavy atom. The second kappa shape index (κ2) is 19.9. The number of carbonyl (C=O) groups is 1. The van der Waals surface area contributed by atoms with Crippen molar-refractivity contribution in [2.75, 3.05) is 41.7 Å². The number of aliphatic imine (C=N–C) groups is 1. The molecule has 7 heterocycles. The molecule has 14 nitrogen and oxygen atoms in total. The van der Waals surface area contributed by atoms with Crippen molar-refractivity contribution < 1.29 is 27.1 Å². The number of ether oxygens (including phenoxy) is 1. The molecular formula is C58H72N9O5S+. The van der Waals surface area contributed by atoms with Gasteiger partial charge < -0.3 is 30.9 Å². The molecule has 1 fully saturated rings. The summed E-state index contributed by atoms with van der Waals surface area (Å²) < 4.78 is 43.6. The fourth-order valence-electron chi connectivity index (χ4n) is 11.8. The largest absolute Gasteiger partial charge is 0.370 e. The van der Waals surface area contributed by atoms with Gasteiger partial charge in [-0.25, -0.2) is 4.99 Å². The highest BCUT2D eigenvalue weighted by Crippen LogP contribution is 2.54. The molecule has 11 rings (SSSR count). The average molecular weight is 1010 g/mol. The minimum atomic E-state index is -4.35. The standard InChI is InChI=1S/C56H65N9O5S.C2H6/c1-7-34-10-15-37(16-11-34)59-49-20-9-33(2)43(60-51-32-44(62-63-51)36-13-14-36)31-50(61-49)57-23-8-24-58-52(66)28-35-12-18-45-41(27-35)55(3,4)53-39-30-40-48(70-47(39)21-25-64(45)53)22-26-65-46-19-17-38(71(67,68)69)29-42(46)56(5,6)54(40)65;1-2/h10-12,15-19,27,29-32,36,47-48,57H,7-9,13-14,20-26,28H2,1-6H3,(H4-,58,59,60,61,62,63,66,67,68,69);1-2H3/p+1/b43-33-,50-31-;. The van der Waals surface area contributed by atoms with Crippen LogP contribution in [-0.4, -0.2) is 83.6 Å². The van der Waals surface area contributed by atoms with Gasteiger partial charge in [-0.3, -0.25) is 14.4 Å². The highest BCUT2D eigenvalue weighted by atomic mass is 32.2. The lowest BCUT2D eigenvalue weighted by atomic mass is 9.74. The van der Waals surface area contributed by atoms with E-state index in [9.17, 15) is 17.8 Å². The van der Waals surface area contributed by atoms with E-state index in [0.717, 1.165) is 102 Å². The van der Waals surface area contributed by atoms with Crippen LogP contribution in [0.1, 0.15) is 134 Å². The van der Waals surface area contributed by atoms with Gasteiger partial charge in [0.25, 0.3) is 10.1 Å². The Hall–Kier alpha value is -6.29. The lowest BCUT2D eigenvalue weighted by molar-refractivity contribution is -0.445. The summed E-state index contributed by atoms with van der Waals surface area (Å²) in [5.74, 6) is 3.00. The molecule has 1 saturated carbocycles. The van der Waals surface area contributed by atoms with Gasteiger partial charge in [0.2, 0.25) is 11.6 Å². The van der Waals surface area contributed by atoms with Crippen LogP contribution in [0.25, 0.3) is 0 Å². The quantitative estimate of drug-likeness (QED) is 0.0430. The predicted molar refractivity (Wildman–Crippen MR) is 291 cm³/mol. The predicted octanol–water partition coefficient (Wildman–Crippen LogP) is 10.2. The van der Waals surface area contributed by atoms with E-state index in [1.165, 1.54) is 58.3 Å². The van der Waals surface area contributed by atoms with E-state index in [1.807, 2.05) is 19.9 Å². The van der Waals surface area contributed by atoms with Gasteiger partial charge in [0.05, 0.1) is 28.9 Å². The van der Waals surface area contributed by atoms with Gasteiger partial charge in [-0.15, -0.1) is 0 Å². The van der Waals surface area contributed by atoms with Gasteiger partial charge in [-0.2, -0.15) is 18.1 Å². The van der Waals surface area contributed by atoms with Crippen molar-refractivity contribution in [3.05, 3.63) is 141 Å². The summed E-state index contributed by atoms with van der Waals surface area (Å²) in [7, 11) is -4.35. The van der Waals surface area contributed by atoms with Crippen LogP contribution in [0.5, 0.6) is 0 Å². The minimum Gasteiger partial charge on any atom is -0.370 e. The number of amidine groups is 1. The van der Waals surface area contributed by atoms with E-state index in [0.29, 0.717) is 25.4 Å². The lowest BCUT2D eigenvalue weighted by Crippen LogP contribution is -2.47. The average Bonchev–Trinajstić information content (AvgIpc) is 4.02. The number of carbonyl (C=O) groups excluding carboxylic acids is 1. The monoisotopic (exact) mass is 1010 g/mol. The number of nitrogens with one attached hydrogen (secondary N) is 5. The van der Waals surface area contributed by atoms with Crippen LogP contribution in [0.4, 0.5) is 22.9 Å². The number of hydrogen-bond acceptors (Lipinski definition) is 10. The fourth-order valence-corrected chi connectivity index (χ4v) is 12.3. The van der Waals surface area contributed by atoms with Crippen molar-refractivity contribution in [3.63, 3.8) is 0 Å². The van der Waals surface area contributed by atoms with Gasteiger partial charge in [-0.05, 0) is 118 Å².